The highest BCUT2D eigenvalue weighted by molar-refractivity contribution is 6.31. The van der Waals surface area contributed by atoms with Crippen molar-refractivity contribution in [2.24, 2.45) is 0 Å². The number of nitrogens with one attached hydrogen (secondary N) is 2. The van der Waals surface area contributed by atoms with Gasteiger partial charge in [0.05, 0.1) is 31.2 Å². The normalized spacial score (nSPS) is 10.3. The lowest BCUT2D eigenvalue weighted by Crippen LogP contribution is -2.19. The summed E-state index contributed by atoms with van der Waals surface area (Å²) in [6.07, 6.45) is 3.36. The third-order valence-electron chi connectivity index (χ3n) is 3.49. The van der Waals surface area contributed by atoms with Crippen molar-refractivity contribution in [2.75, 3.05) is 17.7 Å². The van der Waals surface area contributed by atoms with Gasteiger partial charge in [-0.25, -0.2) is 4.79 Å². The Kier molecular flexibility index (Phi) is 5.20. The van der Waals surface area contributed by atoms with E-state index in [1.807, 2.05) is 30.3 Å². The zero-order valence-electron chi connectivity index (χ0n) is 13.6. The molecule has 2 N–H and O–H groups in total. The van der Waals surface area contributed by atoms with E-state index in [1.165, 1.54) is 7.11 Å². The Morgan fingerprint density at radius 1 is 1.20 bits per heavy atom. The summed E-state index contributed by atoms with van der Waals surface area (Å²) >= 11 is 5.96. The quantitative estimate of drug-likeness (QED) is 0.718. The van der Waals surface area contributed by atoms with Crippen LogP contribution in [0.2, 0.25) is 5.02 Å². The summed E-state index contributed by atoms with van der Waals surface area (Å²) in [5.41, 5.74) is 2.21. The van der Waals surface area contributed by atoms with E-state index in [0.29, 0.717) is 28.7 Å². The van der Waals surface area contributed by atoms with Crippen molar-refractivity contribution in [3.63, 3.8) is 0 Å². The number of ether oxygens (including phenoxy) is 1. The highest BCUT2D eigenvalue weighted by Crippen LogP contribution is 2.27. The van der Waals surface area contributed by atoms with E-state index < -0.39 is 6.03 Å². The fraction of sp³-hybridized carbons (Fsp3) is 0.111. The number of aromatic nitrogens is 2. The van der Waals surface area contributed by atoms with E-state index in [2.05, 4.69) is 15.7 Å². The molecule has 0 bridgehead atoms. The number of methoxy groups -OCH3 is 1. The minimum Gasteiger partial charge on any atom is -0.495 e. The van der Waals surface area contributed by atoms with E-state index in [9.17, 15) is 4.79 Å². The van der Waals surface area contributed by atoms with Crippen molar-refractivity contribution in [3.8, 4) is 5.75 Å². The van der Waals surface area contributed by atoms with Gasteiger partial charge in [0.1, 0.15) is 5.75 Å². The zero-order chi connectivity index (χ0) is 17.6. The summed E-state index contributed by atoms with van der Waals surface area (Å²) in [6, 6.07) is 14.6. The molecule has 1 heterocycles. The lowest BCUT2D eigenvalue weighted by molar-refractivity contribution is 0.262. The summed E-state index contributed by atoms with van der Waals surface area (Å²) in [7, 11) is 1.53. The molecule has 0 aliphatic heterocycles. The second-order valence-electron chi connectivity index (χ2n) is 5.34. The Labute approximate surface area is 150 Å². The van der Waals surface area contributed by atoms with Gasteiger partial charge in [-0.05, 0) is 23.8 Å². The van der Waals surface area contributed by atoms with Crippen molar-refractivity contribution < 1.29 is 9.53 Å². The number of nitrogens with zero attached hydrogens (tertiary/aromatic N) is 2. The number of rotatable bonds is 5. The fourth-order valence-electron chi connectivity index (χ4n) is 2.35. The van der Waals surface area contributed by atoms with E-state index >= 15 is 0 Å². The van der Waals surface area contributed by atoms with Gasteiger partial charge in [-0.2, -0.15) is 5.10 Å². The molecule has 3 rings (SSSR count). The number of amides is 2. The molecular weight excluding hydrogens is 340 g/mol. The second-order valence-corrected chi connectivity index (χ2v) is 5.77. The first-order chi connectivity index (χ1) is 12.1. The Balaban J connectivity index is 1.63. The minimum atomic E-state index is -0.403. The predicted octanol–water partition coefficient (Wildman–Crippen LogP) is 4.24. The van der Waals surface area contributed by atoms with Crippen molar-refractivity contribution in [1.82, 2.24) is 9.78 Å². The van der Waals surface area contributed by atoms with Gasteiger partial charge in [-0.3, -0.25) is 4.68 Å². The molecule has 7 heteroatoms. The van der Waals surface area contributed by atoms with Gasteiger partial charge in [0, 0.05) is 11.2 Å². The molecular formula is C18H17ClN4O2. The number of hydrogen-bond acceptors (Lipinski definition) is 3. The zero-order valence-corrected chi connectivity index (χ0v) is 14.3. The van der Waals surface area contributed by atoms with E-state index in [0.717, 1.165) is 5.56 Å². The Hall–Kier alpha value is -2.99. The Bertz CT molecular complexity index is 865. The molecule has 2 amide bonds. The largest absolute Gasteiger partial charge is 0.495 e. The molecule has 0 saturated carbocycles. The minimum absolute atomic E-state index is 0.403. The van der Waals surface area contributed by atoms with E-state index in [-0.39, 0.29) is 0 Å². The smallest absolute Gasteiger partial charge is 0.323 e. The number of halogens is 1. The number of hydrogen-bond donors (Lipinski definition) is 2. The van der Waals surface area contributed by atoms with Gasteiger partial charge in [0.25, 0.3) is 0 Å². The van der Waals surface area contributed by atoms with Gasteiger partial charge in [0.15, 0.2) is 0 Å². The summed E-state index contributed by atoms with van der Waals surface area (Å²) in [5, 5.41) is 10.2. The van der Waals surface area contributed by atoms with Gasteiger partial charge in [-0.1, -0.05) is 41.9 Å². The summed E-state index contributed by atoms with van der Waals surface area (Å²) < 4.78 is 6.96. The molecule has 3 aromatic rings. The van der Waals surface area contributed by atoms with Crippen LogP contribution in [0.5, 0.6) is 5.75 Å². The second kappa shape index (κ2) is 7.72. The van der Waals surface area contributed by atoms with Crippen molar-refractivity contribution in [2.45, 2.75) is 6.54 Å². The highest BCUT2D eigenvalue weighted by Gasteiger charge is 2.09. The molecule has 1 aromatic heterocycles. The standard InChI is InChI=1S/C18H17ClN4O2/c1-25-17-8-7-14(19)9-16(17)22-18(24)21-15-10-20-23(12-15)11-13-5-3-2-4-6-13/h2-10,12H,11H2,1H3,(H2,21,22,24). The molecule has 0 radical (unpaired) electrons. The molecule has 0 spiro atoms. The van der Waals surface area contributed by atoms with Gasteiger partial charge in [0.2, 0.25) is 0 Å². The monoisotopic (exact) mass is 356 g/mol. The van der Waals surface area contributed by atoms with Crippen molar-refractivity contribution >= 4 is 29.0 Å². The maximum atomic E-state index is 12.2. The van der Waals surface area contributed by atoms with Crippen LogP contribution >= 0.6 is 11.6 Å². The number of urea groups is 1. The fourth-order valence-corrected chi connectivity index (χ4v) is 2.52. The van der Waals surface area contributed by atoms with Crippen LogP contribution in [-0.4, -0.2) is 22.9 Å². The molecule has 6 nitrogen and oxygen atoms in total. The maximum absolute atomic E-state index is 12.2. The Morgan fingerprint density at radius 3 is 2.76 bits per heavy atom. The number of carbonyl (C=O) groups excluding carboxylic acids is 1. The molecule has 0 aliphatic rings. The SMILES string of the molecule is COc1ccc(Cl)cc1NC(=O)Nc1cnn(Cc2ccccc2)c1. The van der Waals surface area contributed by atoms with Crippen molar-refractivity contribution in [3.05, 3.63) is 71.5 Å². The maximum Gasteiger partial charge on any atom is 0.323 e. The summed E-state index contributed by atoms with van der Waals surface area (Å²) in [6.45, 7) is 0.631. The molecule has 0 fully saturated rings. The van der Waals surface area contributed by atoms with Crippen LogP contribution in [0, 0.1) is 0 Å². The topological polar surface area (TPSA) is 68.2 Å². The van der Waals surface area contributed by atoms with Crippen molar-refractivity contribution in [1.29, 1.82) is 0 Å². The van der Waals surface area contributed by atoms with Gasteiger partial charge < -0.3 is 15.4 Å². The molecule has 2 aromatic carbocycles. The van der Waals surface area contributed by atoms with Crippen LogP contribution in [0.4, 0.5) is 16.2 Å². The first kappa shape index (κ1) is 16.9. The van der Waals surface area contributed by atoms with Crippen LogP contribution in [0.3, 0.4) is 0 Å². The Morgan fingerprint density at radius 2 is 2.00 bits per heavy atom. The van der Waals surface area contributed by atoms with E-state index in [1.54, 1.807) is 35.3 Å². The third-order valence-corrected chi connectivity index (χ3v) is 3.72. The van der Waals surface area contributed by atoms with Crippen LogP contribution < -0.4 is 15.4 Å². The number of carbonyl (C=O) groups is 1. The molecule has 0 atom stereocenters. The average Bonchev–Trinajstić information content (AvgIpc) is 3.02. The van der Waals surface area contributed by atoms with Gasteiger partial charge in [-0.15, -0.1) is 0 Å². The number of benzene rings is 2. The molecule has 25 heavy (non-hydrogen) atoms. The predicted molar refractivity (Wildman–Crippen MR) is 98.4 cm³/mol. The van der Waals surface area contributed by atoms with Crippen LogP contribution in [0.1, 0.15) is 5.56 Å². The van der Waals surface area contributed by atoms with Crippen LogP contribution in [0.15, 0.2) is 60.9 Å². The lowest BCUT2D eigenvalue weighted by Gasteiger charge is -2.10. The molecule has 0 aliphatic carbocycles. The molecule has 128 valence electrons. The first-order valence-corrected chi connectivity index (χ1v) is 8.00. The lowest BCUT2D eigenvalue weighted by atomic mass is 10.2. The average molecular weight is 357 g/mol. The van der Waals surface area contributed by atoms with Crippen LogP contribution in [-0.2, 0) is 6.54 Å². The highest BCUT2D eigenvalue weighted by atomic mass is 35.5. The van der Waals surface area contributed by atoms with Gasteiger partial charge >= 0.3 is 6.03 Å². The van der Waals surface area contributed by atoms with Crippen LogP contribution in [0.25, 0.3) is 0 Å². The molecule has 0 saturated heterocycles. The summed E-state index contributed by atoms with van der Waals surface area (Å²) in [5.74, 6) is 0.527. The van der Waals surface area contributed by atoms with E-state index in [4.69, 9.17) is 16.3 Å². The summed E-state index contributed by atoms with van der Waals surface area (Å²) in [4.78, 5) is 12.2. The molecule has 0 unspecified atom stereocenters. The first-order valence-electron chi connectivity index (χ1n) is 7.62. The third kappa shape index (κ3) is 4.51. The number of anilines is 2.